The summed E-state index contributed by atoms with van der Waals surface area (Å²) >= 11 is 11.5. The molecule has 3 aromatic rings. The van der Waals surface area contributed by atoms with Crippen molar-refractivity contribution < 1.29 is 19.8 Å². The van der Waals surface area contributed by atoms with Gasteiger partial charge in [-0.05, 0) is 29.4 Å². The summed E-state index contributed by atoms with van der Waals surface area (Å²) in [6.45, 7) is 0.290. The number of carbonyl (C=O) groups is 2. The van der Waals surface area contributed by atoms with E-state index in [0.29, 0.717) is 12.1 Å². The molecule has 0 aliphatic rings. The number of pyridine rings is 1. The molecule has 0 aliphatic carbocycles. The van der Waals surface area contributed by atoms with Crippen LogP contribution in [0.4, 0.5) is 5.82 Å². The largest absolute Gasteiger partial charge is 0.479 e. The Hall–Kier alpha value is -3.73. The molecule has 1 heterocycles. The van der Waals surface area contributed by atoms with Gasteiger partial charge in [0, 0.05) is 19.3 Å². The first-order chi connectivity index (χ1) is 16.9. The fourth-order valence-electron chi connectivity index (χ4n) is 3.22. The van der Waals surface area contributed by atoms with Crippen LogP contribution in [-0.2, 0) is 11.3 Å². The number of hydrogen-bond acceptors (Lipinski definition) is 6. The number of benzene rings is 2. The Kier molecular flexibility index (Phi) is 9.36. The van der Waals surface area contributed by atoms with E-state index in [1.165, 1.54) is 17.2 Å². The number of halogens is 1. The van der Waals surface area contributed by atoms with Gasteiger partial charge in [-0.25, -0.2) is 9.78 Å². The first kappa shape index (κ1) is 25.9. The SMILES string of the molecule is O=C(O)C(NC(=S)NNc1ncc(C(=O)N(CCO)Cc2ccccc2)cc1Cl)c1ccccc1. The van der Waals surface area contributed by atoms with E-state index >= 15 is 0 Å². The van der Waals surface area contributed by atoms with E-state index in [2.05, 4.69) is 21.2 Å². The second kappa shape index (κ2) is 12.7. The predicted octanol–water partition coefficient (Wildman–Crippen LogP) is 2.99. The van der Waals surface area contributed by atoms with E-state index in [0.717, 1.165) is 5.56 Å². The molecule has 0 fully saturated rings. The topological polar surface area (TPSA) is 127 Å². The number of nitrogens with one attached hydrogen (secondary N) is 3. The van der Waals surface area contributed by atoms with Crippen molar-refractivity contribution in [3.05, 3.63) is 94.6 Å². The number of carboxylic acid groups (broad SMARTS) is 1. The zero-order chi connectivity index (χ0) is 25.2. The molecule has 0 saturated carbocycles. The van der Waals surface area contributed by atoms with E-state index in [9.17, 15) is 19.8 Å². The van der Waals surface area contributed by atoms with Gasteiger partial charge in [0.2, 0.25) is 0 Å². The highest BCUT2D eigenvalue weighted by atomic mass is 35.5. The summed E-state index contributed by atoms with van der Waals surface area (Å²) in [5.41, 5.74) is 7.07. The van der Waals surface area contributed by atoms with Crippen molar-refractivity contribution in [1.82, 2.24) is 20.6 Å². The Balaban J connectivity index is 1.63. The number of anilines is 1. The van der Waals surface area contributed by atoms with Crippen LogP contribution in [-0.4, -0.2) is 50.2 Å². The number of rotatable bonds is 10. The smallest absolute Gasteiger partial charge is 0.330 e. The molecule has 0 bridgehead atoms. The number of hydrogen-bond donors (Lipinski definition) is 5. The normalized spacial score (nSPS) is 11.3. The van der Waals surface area contributed by atoms with Gasteiger partial charge in [0.15, 0.2) is 17.0 Å². The molecule has 0 spiro atoms. The summed E-state index contributed by atoms with van der Waals surface area (Å²) in [7, 11) is 0. The lowest BCUT2D eigenvalue weighted by Crippen LogP contribution is -2.43. The molecule has 9 nitrogen and oxygen atoms in total. The highest BCUT2D eigenvalue weighted by Gasteiger charge is 2.21. The van der Waals surface area contributed by atoms with Gasteiger partial charge in [0.05, 0.1) is 17.2 Å². The van der Waals surface area contributed by atoms with Gasteiger partial charge in [-0.3, -0.25) is 15.6 Å². The summed E-state index contributed by atoms with van der Waals surface area (Å²) in [6.07, 6.45) is 1.36. The Morgan fingerprint density at radius 1 is 1.09 bits per heavy atom. The van der Waals surface area contributed by atoms with Gasteiger partial charge >= 0.3 is 5.97 Å². The summed E-state index contributed by atoms with van der Waals surface area (Å²) in [5, 5.41) is 21.8. The number of aliphatic hydroxyl groups excluding tert-OH is 1. The Bertz CT molecular complexity index is 1170. The predicted molar refractivity (Wildman–Crippen MR) is 137 cm³/mol. The summed E-state index contributed by atoms with van der Waals surface area (Å²) in [6, 6.07) is 18.4. The lowest BCUT2D eigenvalue weighted by atomic mass is 10.1. The maximum Gasteiger partial charge on any atom is 0.330 e. The molecular formula is C24H24ClN5O4S. The van der Waals surface area contributed by atoms with Crippen LogP contribution >= 0.6 is 23.8 Å². The van der Waals surface area contributed by atoms with Crippen LogP contribution in [0.2, 0.25) is 5.02 Å². The number of aliphatic carboxylic acids is 1. The molecule has 11 heteroatoms. The van der Waals surface area contributed by atoms with E-state index < -0.39 is 12.0 Å². The van der Waals surface area contributed by atoms with Crippen molar-refractivity contribution in [2.75, 3.05) is 18.6 Å². The number of thiocarbonyl (C=S) groups is 1. The Labute approximate surface area is 212 Å². The number of carboxylic acids is 1. The third-order valence-electron chi connectivity index (χ3n) is 4.91. The number of amides is 1. The molecule has 0 radical (unpaired) electrons. The van der Waals surface area contributed by atoms with Gasteiger partial charge in [0.25, 0.3) is 5.91 Å². The fourth-order valence-corrected chi connectivity index (χ4v) is 3.61. The van der Waals surface area contributed by atoms with Crippen molar-refractivity contribution in [2.45, 2.75) is 12.6 Å². The molecule has 5 N–H and O–H groups in total. The zero-order valence-electron chi connectivity index (χ0n) is 18.5. The van der Waals surface area contributed by atoms with Crippen LogP contribution in [0.5, 0.6) is 0 Å². The molecule has 3 rings (SSSR count). The number of aromatic nitrogens is 1. The van der Waals surface area contributed by atoms with Crippen molar-refractivity contribution in [2.24, 2.45) is 0 Å². The van der Waals surface area contributed by atoms with Crippen LogP contribution < -0.4 is 16.2 Å². The van der Waals surface area contributed by atoms with Crippen LogP contribution in [0, 0.1) is 0 Å². The Morgan fingerprint density at radius 3 is 2.34 bits per heavy atom. The molecule has 1 amide bonds. The first-order valence-electron chi connectivity index (χ1n) is 10.6. The summed E-state index contributed by atoms with van der Waals surface area (Å²) < 4.78 is 0. The fraction of sp³-hybridized carbons (Fsp3) is 0.167. The van der Waals surface area contributed by atoms with Crippen LogP contribution in [0.15, 0.2) is 72.9 Å². The monoisotopic (exact) mass is 513 g/mol. The van der Waals surface area contributed by atoms with Crippen molar-refractivity contribution in [3.8, 4) is 0 Å². The highest BCUT2D eigenvalue weighted by molar-refractivity contribution is 7.80. The van der Waals surface area contributed by atoms with E-state index in [-0.39, 0.29) is 40.6 Å². The van der Waals surface area contributed by atoms with Gasteiger partial charge in [0.1, 0.15) is 0 Å². The van der Waals surface area contributed by atoms with Crippen LogP contribution in [0.25, 0.3) is 0 Å². The highest BCUT2D eigenvalue weighted by Crippen LogP contribution is 2.21. The lowest BCUT2D eigenvalue weighted by molar-refractivity contribution is -0.139. The molecule has 0 saturated heterocycles. The van der Waals surface area contributed by atoms with Gasteiger partial charge in [-0.15, -0.1) is 0 Å². The van der Waals surface area contributed by atoms with E-state index in [4.69, 9.17) is 23.8 Å². The molecule has 1 aromatic heterocycles. The molecule has 182 valence electrons. The van der Waals surface area contributed by atoms with Crippen LogP contribution in [0.1, 0.15) is 27.5 Å². The minimum Gasteiger partial charge on any atom is -0.479 e. The maximum atomic E-state index is 13.0. The summed E-state index contributed by atoms with van der Waals surface area (Å²) in [5.74, 6) is -1.24. The third-order valence-corrected chi connectivity index (χ3v) is 5.42. The molecule has 1 atom stereocenters. The second-order valence-electron chi connectivity index (χ2n) is 7.40. The minimum absolute atomic E-state index is 0.0104. The maximum absolute atomic E-state index is 13.0. The van der Waals surface area contributed by atoms with Crippen LogP contribution in [0.3, 0.4) is 0 Å². The van der Waals surface area contributed by atoms with E-state index in [1.54, 1.807) is 30.3 Å². The molecule has 1 unspecified atom stereocenters. The number of aliphatic hydroxyl groups is 1. The third kappa shape index (κ3) is 7.38. The average Bonchev–Trinajstić information content (AvgIpc) is 2.86. The first-order valence-corrected chi connectivity index (χ1v) is 11.4. The molecule has 0 aliphatic heterocycles. The molecule has 35 heavy (non-hydrogen) atoms. The number of hydrazine groups is 1. The number of carbonyl (C=O) groups excluding carboxylic acids is 1. The zero-order valence-corrected chi connectivity index (χ0v) is 20.1. The van der Waals surface area contributed by atoms with Crippen molar-refractivity contribution in [3.63, 3.8) is 0 Å². The molecule has 2 aromatic carbocycles. The van der Waals surface area contributed by atoms with E-state index in [1.807, 2.05) is 30.3 Å². The second-order valence-corrected chi connectivity index (χ2v) is 8.21. The van der Waals surface area contributed by atoms with Crippen molar-refractivity contribution in [1.29, 1.82) is 0 Å². The van der Waals surface area contributed by atoms with Gasteiger partial charge in [-0.1, -0.05) is 72.3 Å². The van der Waals surface area contributed by atoms with Gasteiger partial charge in [-0.2, -0.15) is 0 Å². The summed E-state index contributed by atoms with van der Waals surface area (Å²) in [4.78, 5) is 30.3. The number of nitrogens with zero attached hydrogens (tertiary/aromatic N) is 2. The standard InChI is InChI=1S/C24H24ClN5O4S/c25-19-13-18(22(32)30(11-12-31)15-16-7-3-1-4-8-16)14-26-21(19)28-29-24(35)27-20(23(33)34)17-9-5-2-6-10-17/h1-10,13-14,20,31H,11-12,15H2,(H,26,28)(H,33,34)(H2,27,29,35). The molecular weight excluding hydrogens is 490 g/mol. The van der Waals surface area contributed by atoms with Crippen molar-refractivity contribution >= 4 is 46.6 Å². The Morgan fingerprint density at radius 2 is 1.74 bits per heavy atom. The lowest BCUT2D eigenvalue weighted by Gasteiger charge is -2.22. The quantitative estimate of drug-likeness (QED) is 0.205. The minimum atomic E-state index is -1.10. The van der Waals surface area contributed by atoms with Gasteiger partial charge < -0.3 is 20.4 Å². The average molecular weight is 514 g/mol.